The lowest BCUT2D eigenvalue weighted by Crippen LogP contribution is -2.26. The van der Waals surface area contributed by atoms with E-state index >= 15 is 0 Å². The van der Waals surface area contributed by atoms with Crippen LogP contribution in [0.15, 0.2) is 41.5 Å². The molecule has 0 amide bonds. The summed E-state index contributed by atoms with van der Waals surface area (Å²) in [6.07, 6.45) is 2.40. The summed E-state index contributed by atoms with van der Waals surface area (Å²) in [5.41, 5.74) is 7.61. The van der Waals surface area contributed by atoms with Gasteiger partial charge in [-0.05, 0) is 18.1 Å². The normalized spacial score (nSPS) is 10.4. The zero-order chi connectivity index (χ0) is 13.7. The smallest absolute Gasteiger partial charge is 0.252 e. The van der Waals surface area contributed by atoms with Gasteiger partial charge in [0.1, 0.15) is 5.82 Å². The molecule has 0 aliphatic heterocycles. The fourth-order valence-electron chi connectivity index (χ4n) is 1.96. The first kappa shape index (κ1) is 13.1. The van der Waals surface area contributed by atoms with Crippen LogP contribution in [0.25, 0.3) is 0 Å². The van der Waals surface area contributed by atoms with Crippen molar-refractivity contribution in [2.24, 2.45) is 0 Å². The third-order valence-corrected chi connectivity index (χ3v) is 2.90. The summed E-state index contributed by atoms with van der Waals surface area (Å²) >= 11 is 0. The van der Waals surface area contributed by atoms with Crippen LogP contribution in [-0.4, -0.2) is 16.5 Å². The highest BCUT2D eigenvalue weighted by Gasteiger charge is 2.09. The minimum Gasteiger partial charge on any atom is -0.398 e. The number of nitrogens with one attached hydrogen (secondary N) is 1. The molecule has 0 saturated heterocycles. The third kappa shape index (κ3) is 3.34. The van der Waals surface area contributed by atoms with Crippen LogP contribution in [0.3, 0.4) is 0 Å². The maximum atomic E-state index is 11.4. The Morgan fingerprint density at radius 2 is 2.16 bits per heavy atom. The zero-order valence-corrected chi connectivity index (χ0v) is 11.0. The van der Waals surface area contributed by atoms with Crippen LogP contribution < -0.4 is 16.2 Å². The minimum absolute atomic E-state index is 0.146. The molecule has 0 bridgehead atoms. The second kappa shape index (κ2) is 6.04. The minimum atomic E-state index is -0.146. The SMILES string of the molecule is CCCN(Cc1ccccc1N)c1cc(=O)[nH]cn1. The van der Waals surface area contributed by atoms with E-state index in [1.165, 1.54) is 12.4 Å². The summed E-state index contributed by atoms with van der Waals surface area (Å²) < 4.78 is 0. The van der Waals surface area contributed by atoms with Gasteiger partial charge in [-0.25, -0.2) is 4.98 Å². The van der Waals surface area contributed by atoms with Crippen LogP contribution in [0.4, 0.5) is 11.5 Å². The van der Waals surface area contributed by atoms with Crippen LogP contribution in [0, 0.1) is 0 Å². The van der Waals surface area contributed by atoms with E-state index in [1.54, 1.807) is 0 Å². The van der Waals surface area contributed by atoms with Gasteiger partial charge in [-0.1, -0.05) is 25.1 Å². The molecular formula is C14H18N4O. The molecule has 1 heterocycles. The summed E-state index contributed by atoms with van der Waals surface area (Å²) in [7, 11) is 0. The highest BCUT2D eigenvalue weighted by molar-refractivity contribution is 5.49. The predicted octanol–water partition coefficient (Wildman–Crippen LogP) is 1.77. The number of nitrogen functional groups attached to an aromatic ring is 1. The Balaban J connectivity index is 2.26. The molecule has 5 heteroatoms. The van der Waals surface area contributed by atoms with Crippen LogP contribution in [0.2, 0.25) is 0 Å². The van der Waals surface area contributed by atoms with Crippen LogP contribution in [0.5, 0.6) is 0 Å². The molecule has 0 unspecified atom stereocenters. The van der Waals surface area contributed by atoms with E-state index in [2.05, 4.69) is 21.8 Å². The second-order valence-corrected chi connectivity index (χ2v) is 4.39. The molecular weight excluding hydrogens is 240 g/mol. The van der Waals surface area contributed by atoms with Crippen LogP contribution in [-0.2, 0) is 6.54 Å². The van der Waals surface area contributed by atoms with E-state index in [1.807, 2.05) is 24.3 Å². The fourth-order valence-corrected chi connectivity index (χ4v) is 1.96. The molecule has 2 aromatic rings. The Morgan fingerprint density at radius 3 is 2.84 bits per heavy atom. The monoisotopic (exact) mass is 258 g/mol. The van der Waals surface area contributed by atoms with Crippen molar-refractivity contribution in [1.82, 2.24) is 9.97 Å². The summed E-state index contributed by atoms with van der Waals surface area (Å²) in [5, 5.41) is 0. The van der Waals surface area contributed by atoms with E-state index in [4.69, 9.17) is 5.73 Å². The average molecular weight is 258 g/mol. The molecule has 2 rings (SSSR count). The van der Waals surface area contributed by atoms with Gasteiger partial charge in [-0.2, -0.15) is 0 Å². The lowest BCUT2D eigenvalue weighted by molar-refractivity contribution is 0.752. The van der Waals surface area contributed by atoms with E-state index in [9.17, 15) is 4.79 Å². The molecule has 0 fully saturated rings. The maximum Gasteiger partial charge on any atom is 0.252 e. The first-order chi connectivity index (χ1) is 9.20. The van der Waals surface area contributed by atoms with Gasteiger partial charge in [-0.15, -0.1) is 0 Å². The number of nitrogens with two attached hydrogens (primary N) is 1. The molecule has 0 spiro atoms. The molecule has 19 heavy (non-hydrogen) atoms. The van der Waals surface area contributed by atoms with Crippen molar-refractivity contribution in [3.05, 3.63) is 52.6 Å². The largest absolute Gasteiger partial charge is 0.398 e. The lowest BCUT2D eigenvalue weighted by Gasteiger charge is -2.23. The topological polar surface area (TPSA) is 75.0 Å². The van der Waals surface area contributed by atoms with Gasteiger partial charge < -0.3 is 15.6 Å². The van der Waals surface area contributed by atoms with Gasteiger partial charge in [0.05, 0.1) is 6.33 Å². The van der Waals surface area contributed by atoms with Crippen molar-refractivity contribution in [3.63, 3.8) is 0 Å². The van der Waals surface area contributed by atoms with Gasteiger partial charge in [0.2, 0.25) is 0 Å². The quantitative estimate of drug-likeness (QED) is 0.801. The van der Waals surface area contributed by atoms with Crippen molar-refractivity contribution in [3.8, 4) is 0 Å². The Morgan fingerprint density at radius 1 is 1.37 bits per heavy atom. The first-order valence-electron chi connectivity index (χ1n) is 6.33. The average Bonchev–Trinajstić information content (AvgIpc) is 2.40. The van der Waals surface area contributed by atoms with Gasteiger partial charge in [0.25, 0.3) is 5.56 Å². The van der Waals surface area contributed by atoms with Crippen molar-refractivity contribution in [2.45, 2.75) is 19.9 Å². The molecule has 0 aliphatic rings. The molecule has 0 atom stereocenters. The number of aromatic amines is 1. The van der Waals surface area contributed by atoms with Crippen molar-refractivity contribution in [1.29, 1.82) is 0 Å². The summed E-state index contributed by atoms with van der Waals surface area (Å²) in [4.78, 5) is 20.2. The number of aromatic nitrogens is 2. The molecule has 0 saturated carbocycles. The van der Waals surface area contributed by atoms with Gasteiger partial charge in [0, 0.05) is 24.8 Å². The molecule has 3 N–H and O–H groups in total. The number of para-hydroxylation sites is 1. The molecule has 0 radical (unpaired) electrons. The third-order valence-electron chi connectivity index (χ3n) is 2.90. The highest BCUT2D eigenvalue weighted by Crippen LogP contribution is 2.17. The van der Waals surface area contributed by atoms with Crippen molar-refractivity contribution in [2.75, 3.05) is 17.2 Å². The van der Waals surface area contributed by atoms with Gasteiger partial charge >= 0.3 is 0 Å². The highest BCUT2D eigenvalue weighted by atomic mass is 16.1. The lowest BCUT2D eigenvalue weighted by atomic mass is 10.1. The number of hydrogen-bond donors (Lipinski definition) is 2. The van der Waals surface area contributed by atoms with Crippen LogP contribution in [0.1, 0.15) is 18.9 Å². The Bertz CT molecular complexity index is 594. The Hall–Kier alpha value is -2.30. The second-order valence-electron chi connectivity index (χ2n) is 4.39. The first-order valence-corrected chi connectivity index (χ1v) is 6.33. The number of nitrogens with zero attached hydrogens (tertiary/aromatic N) is 2. The number of benzene rings is 1. The van der Waals surface area contributed by atoms with Crippen molar-refractivity contribution >= 4 is 11.5 Å². The number of anilines is 2. The van der Waals surface area contributed by atoms with Gasteiger partial charge in [0.15, 0.2) is 0 Å². The molecule has 1 aromatic carbocycles. The molecule has 1 aromatic heterocycles. The summed E-state index contributed by atoms with van der Waals surface area (Å²) in [5.74, 6) is 0.675. The Kier molecular flexibility index (Phi) is 4.18. The standard InChI is InChI=1S/C14H18N4O/c1-2-7-18(13-8-14(19)17-10-16-13)9-11-5-3-4-6-12(11)15/h3-6,8,10H,2,7,9,15H2,1H3,(H,16,17,19). The summed E-state index contributed by atoms with van der Waals surface area (Å²) in [6, 6.07) is 9.25. The summed E-state index contributed by atoms with van der Waals surface area (Å²) in [6.45, 7) is 3.57. The van der Waals surface area contributed by atoms with E-state index in [-0.39, 0.29) is 5.56 Å². The number of rotatable bonds is 5. The van der Waals surface area contributed by atoms with Crippen LogP contribution >= 0.6 is 0 Å². The molecule has 0 aliphatic carbocycles. The van der Waals surface area contributed by atoms with E-state index < -0.39 is 0 Å². The number of hydrogen-bond acceptors (Lipinski definition) is 4. The van der Waals surface area contributed by atoms with Crippen molar-refractivity contribution < 1.29 is 0 Å². The number of H-pyrrole nitrogens is 1. The zero-order valence-electron chi connectivity index (χ0n) is 11.0. The molecule has 100 valence electrons. The van der Waals surface area contributed by atoms with Gasteiger partial charge in [-0.3, -0.25) is 4.79 Å². The Labute approximate surface area is 112 Å². The van der Waals surface area contributed by atoms with E-state index in [0.29, 0.717) is 12.4 Å². The van der Waals surface area contributed by atoms with E-state index in [0.717, 1.165) is 24.2 Å². The molecule has 5 nitrogen and oxygen atoms in total. The maximum absolute atomic E-state index is 11.4. The predicted molar refractivity (Wildman–Crippen MR) is 77.1 cm³/mol. The fraction of sp³-hybridized carbons (Fsp3) is 0.286.